The number of nitrogens with zero attached hydrogens (tertiary/aromatic N) is 2. The van der Waals surface area contributed by atoms with E-state index in [-0.39, 0.29) is 17.1 Å². The molecule has 2 aromatic rings. The van der Waals surface area contributed by atoms with Crippen LogP contribution in [0.1, 0.15) is 49.6 Å². The highest BCUT2D eigenvalue weighted by molar-refractivity contribution is 6.24. The van der Waals surface area contributed by atoms with Gasteiger partial charge in [0.2, 0.25) is 0 Å². The van der Waals surface area contributed by atoms with Crippen molar-refractivity contribution < 1.29 is 9.53 Å². The Morgan fingerprint density at radius 3 is 2.69 bits per heavy atom. The van der Waals surface area contributed by atoms with Gasteiger partial charge >= 0.3 is 0 Å². The Hall–Kier alpha value is -2.93. The topological polar surface area (TPSA) is 102 Å². The second kappa shape index (κ2) is 7.83. The van der Waals surface area contributed by atoms with E-state index in [4.69, 9.17) is 10.5 Å². The largest absolute Gasteiger partial charge is 0.487 e. The molecule has 2 aliphatic rings. The van der Waals surface area contributed by atoms with Gasteiger partial charge in [-0.25, -0.2) is 9.97 Å². The number of aromatic nitrogens is 2. The maximum atomic E-state index is 13.0. The second-order valence-electron chi connectivity index (χ2n) is 8.22. The van der Waals surface area contributed by atoms with Crippen LogP contribution in [0.3, 0.4) is 0 Å². The van der Waals surface area contributed by atoms with Gasteiger partial charge in [-0.3, -0.25) is 4.79 Å². The maximum Gasteiger partial charge on any atom is 0.260 e. The van der Waals surface area contributed by atoms with E-state index in [2.05, 4.69) is 46.6 Å². The molecule has 0 atom stereocenters. The summed E-state index contributed by atoms with van der Waals surface area (Å²) in [5, 5.41) is 6.47. The van der Waals surface area contributed by atoms with E-state index in [1.807, 2.05) is 0 Å². The number of nitrogens with one attached hydrogen (secondary N) is 2. The Kier molecular flexibility index (Phi) is 5.24. The van der Waals surface area contributed by atoms with E-state index >= 15 is 0 Å². The lowest BCUT2D eigenvalue weighted by molar-refractivity contribution is -0.111. The average Bonchev–Trinajstić information content (AvgIpc) is 3.02. The lowest BCUT2D eigenvalue weighted by Gasteiger charge is -2.26. The van der Waals surface area contributed by atoms with Gasteiger partial charge in [0.1, 0.15) is 11.4 Å². The van der Waals surface area contributed by atoms with Crippen LogP contribution >= 0.6 is 0 Å². The molecule has 7 nitrogen and oxygen atoms in total. The summed E-state index contributed by atoms with van der Waals surface area (Å²) in [7, 11) is 0. The molecule has 152 valence electrons. The number of fused-ring (bicyclic) bond motifs is 1. The number of anilines is 1. The zero-order valence-corrected chi connectivity index (χ0v) is 16.9. The Morgan fingerprint density at radius 1 is 1.28 bits per heavy atom. The number of nitrogens with two attached hydrogens (primary N) is 1. The zero-order chi connectivity index (χ0) is 20.4. The smallest absolute Gasteiger partial charge is 0.260 e. The molecular formula is C22H27N5O2. The fourth-order valence-electron chi connectivity index (χ4n) is 4.12. The molecule has 2 aliphatic heterocycles. The van der Waals surface area contributed by atoms with Crippen LogP contribution in [-0.4, -0.2) is 34.6 Å². The standard InChI is InChI=1S/C22H27N5O2/c1-22(2)12-15-10-18(16(11-19(15)29-22)14-4-8-24-9-5-14)27-21(28)17(13-23)20-25-6-3-7-26-20/h3,6-7,10-11,13-14,24H,4-5,8-9,12,23H2,1-2H3,(H,27,28). The van der Waals surface area contributed by atoms with Gasteiger partial charge in [0, 0.05) is 36.3 Å². The van der Waals surface area contributed by atoms with Gasteiger partial charge in [-0.05, 0) is 69.5 Å². The van der Waals surface area contributed by atoms with Crippen LogP contribution in [0, 0.1) is 0 Å². The lowest BCUT2D eigenvalue weighted by Crippen LogP contribution is -2.27. The normalized spacial score (nSPS) is 18.8. The van der Waals surface area contributed by atoms with Gasteiger partial charge in [0.25, 0.3) is 5.91 Å². The summed E-state index contributed by atoms with van der Waals surface area (Å²) in [6.45, 7) is 6.09. The Labute approximate surface area is 170 Å². The minimum Gasteiger partial charge on any atom is -0.487 e. The summed E-state index contributed by atoms with van der Waals surface area (Å²) in [5.74, 6) is 1.28. The summed E-state index contributed by atoms with van der Waals surface area (Å²) in [6, 6.07) is 5.87. The summed E-state index contributed by atoms with van der Waals surface area (Å²) in [6.07, 6.45) is 7.29. The van der Waals surface area contributed by atoms with Crippen LogP contribution < -0.4 is 21.1 Å². The van der Waals surface area contributed by atoms with Gasteiger partial charge in [-0.2, -0.15) is 0 Å². The highest BCUT2D eigenvalue weighted by Gasteiger charge is 2.32. The number of amides is 1. The molecule has 7 heteroatoms. The highest BCUT2D eigenvalue weighted by Crippen LogP contribution is 2.42. The quantitative estimate of drug-likeness (QED) is 0.690. The van der Waals surface area contributed by atoms with Gasteiger partial charge in [-0.1, -0.05) is 0 Å². The number of hydrogen-bond donors (Lipinski definition) is 3. The first-order chi connectivity index (χ1) is 14.0. The van der Waals surface area contributed by atoms with Crippen molar-refractivity contribution in [3.05, 3.63) is 53.7 Å². The van der Waals surface area contributed by atoms with Gasteiger partial charge in [-0.15, -0.1) is 0 Å². The molecule has 0 unspecified atom stereocenters. The van der Waals surface area contributed by atoms with E-state index in [0.29, 0.717) is 11.7 Å². The molecule has 1 fully saturated rings. The third-order valence-corrected chi connectivity index (χ3v) is 5.48. The SMILES string of the molecule is CC1(C)Cc2cc(NC(=O)C(=CN)c3ncccn3)c(C3CCNCC3)cc2O1. The van der Waals surface area contributed by atoms with E-state index < -0.39 is 0 Å². The van der Waals surface area contributed by atoms with Crippen LogP contribution in [0.15, 0.2) is 36.8 Å². The van der Waals surface area contributed by atoms with Crippen LogP contribution in [0.5, 0.6) is 5.75 Å². The third kappa shape index (κ3) is 4.10. The Morgan fingerprint density at radius 2 is 2.00 bits per heavy atom. The van der Waals surface area contributed by atoms with Crippen molar-refractivity contribution in [3.63, 3.8) is 0 Å². The summed E-state index contributed by atoms with van der Waals surface area (Å²) >= 11 is 0. The van der Waals surface area contributed by atoms with Crippen molar-refractivity contribution in [3.8, 4) is 5.75 Å². The molecule has 4 N–H and O–H groups in total. The average molecular weight is 393 g/mol. The van der Waals surface area contributed by atoms with Gasteiger partial charge in [0.05, 0.1) is 5.57 Å². The number of hydrogen-bond acceptors (Lipinski definition) is 6. The molecule has 1 aromatic carbocycles. The fourth-order valence-corrected chi connectivity index (χ4v) is 4.12. The molecule has 1 amide bonds. The van der Waals surface area contributed by atoms with Gasteiger partial charge < -0.3 is 21.1 Å². The first-order valence-corrected chi connectivity index (χ1v) is 10.0. The van der Waals surface area contributed by atoms with E-state index in [1.54, 1.807) is 18.5 Å². The van der Waals surface area contributed by atoms with Crippen molar-refractivity contribution in [2.75, 3.05) is 18.4 Å². The molecule has 4 rings (SSSR count). The predicted octanol–water partition coefficient (Wildman–Crippen LogP) is 2.60. The number of ether oxygens (including phenoxy) is 1. The number of rotatable bonds is 4. The first-order valence-electron chi connectivity index (χ1n) is 10.0. The Bertz CT molecular complexity index is 934. The monoisotopic (exact) mass is 393 g/mol. The fraction of sp³-hybridized carbons (Fsp3) is 0.409. The van der Waals surface area contributed by atoms with Crippen molar-refractivity contribution in [2.24, 2.45) is 5.73 Å². The number of carbonyl (C=O) groups is 1. The molecule has 0 aliphatic carbocycles. The molecule has 3 heterocycles. The van der Waals surface area contributed by atoms with E-state index in [1.165, 1.54) is 6.20 Å². The van der Waals surface area contributed by atoms with Gasteiger partial charge in [0.15, 0.2) is 5.82 Å². The summed E-state index contributed by atoms with van der Waals surface area (Å²) < 4.78 is 6.14. The Balaban J connectivity index is 1.67. The number of carbonyl (C=O) groups excluding carboxylic acids is 1. The minimum atomic E-state index is -0.313. The predicted molar refractivity (Wildman–Crippen MR) is 113 cm³/mol. The van der Waals surface area contributed by atoms with Crippen LogP contribution in [0.25, 0.3) is 5.57 Å². The molecule has 0 bridgehead atoms. The van der Waals surface area contributed by atoms with Crippen molar-refractivity contribution >= 4 is 17.2 Å². The number of benzene rings is 1. The van der Waals surface area contributed by atoms with E-state index in [0.717, 1.165) is 54.9 Å². The first kappa shape index (κ1) is 19.4. The molecule has 1 saturated heterocycles. The maximum absolute atomic E-state index is 13.0. The van der Waals surface area contributed by atoms with Crippen LogP contribution in [-0.2, 0) is 11.2 Å². The lowest BCUT2D eigenvalue weighted by atomic mass is 9.87. The van der Waals surface area contributed by atoms with Crippen LogP contribution in [0.2, 0.25) is 0 Å². The van der Waals surface area contributed by atoms with Crippen molar-refractivity contribution in [1.82, 2.24) is 15.3 Å². The molecule has 0 spiro atoms. The minimum absolute atomic E-state index is 0.240. The molecule has 29 heavy (non-hydrogen) atoms. The number of piperidine rings is 1. The molecule has 0 radical (unpaired) electrons. The third-order valence-electron chi connectivity index (χ3n) is 5.48. The van der Waals surface area contributed by atoms with Crippen molar-refractivity contribution in [2.45, 2.75) is 44.6 Å². The molecule has 0 saturated carbocycles. The van der Waals surface area contributed by atoms with Crippen molar-refractivity contribution in [1.29, 1.82) is 0 Å². The molecular weight excluding hydrogens is 366 g/mol. The summed E-state index contributed by atoms with van der Waals surface area (Å²) in [4.78, 5) is 21.3. The second-order valence-corrected chi connectivity index (χ2v) is 8.22. The van der Waals surface area contributed by atoms with E-state index in [9.17, 15) is 4.79 Å². The highest BCUT2D eigenvalue weighted by atomic mass is 16.5. The zero-order valence-electron chi connectivity index (χ0n) is 16.9. The summed E-state index contributed by atoms with van der Waals surface area (Å²) in [5.41, 5.74) is 8.78. The van der Waals surface area contributed by atoms with Crippen LogP contribution in [0.4, 0.5) is 5.69 Å². The molecule has 1 aromatic heterocycles.